The maximum absolute atomic E-state index is 13.9. The van der Waals surface area contributed by atoms with Crippen LogP contribution in [0.25, 0.3) is 16.7 Å². The van der Waals surface area contributed by atoms with Gasteiger partial charge < -0.3 is 5.11 Å². The lowest BCUT2D eigenvalue weighted by Crippen LogP contribution is -2.03. The molecule has 0 aliphatic carbocycles. The number of hydrogen-bond donors (Lipinski definition) is 1. The average molecular weight is 383 g/mol. The molecule has 0 aliphatic rings. The highest BCUT2D eigenvalue weighted by molar-refractivity contribution is 14.1. The van der Waals surface area contributed by atoms with Crippen LogP contribution in [0.5, 0.6) is 0 Å². The number of carbonyl (C=O) groups is 1. The second-order valence-electron chi connectivity index (χ2n) is 4.03. The summed E-state index contributed by atoms with van der Waals surface area (Å²) >= 11 is 2.11. The number of aromatic carboxylic acids is 1. The van der Waals surface area contributed by atoms with E-state index in [4.69, 9.17) is 5.11 Å². The molecule has 0 aliphatic heterocycles. The maximum atomic E-state index is 13.9. The highest BCUT2D eigenvalue weighted by Gasteiger charge is 2.20. The number of nitrogens with zero attached hydrogens (tertiary/aromatic N) is 3. The second kappa shape index (κ2) is 4.82. The van der Waals surface area contributed by atoms with E-state index in [1.807, 2.05) is 0 Å². The minimum Gasteiger partial charge on any atom is -0.476 e. The molecule has 1 aromatic carbocycles. The number of rotatable bonds is 2. The van der Waals surface area contributed by atoms with Gasteiger partial charge in [0.15, 0.2) is 11.5 Å². The van der Waals surface area contributed by atoms with Gasteiger partial charge in [-0.3, -0.25) is 0 Å². The van der Waals surface area contributed by atoms with Crippen LogP contribution >= 0.6 is 22.6 Å². The molecule has 0 unspecified atom stereocenters. The van der Waals surface area contributed by atoms with Crippen LogP contribution in [0.2, 0.25) is 0 Å². The third-order valence-electron chi connectivity index (χ3n) is 2.78. The molecule has 0 bridgehead atoms. The number of fused-ring (bicyclic) bond motifs is 1. The van der Waals surface area contributed by atoms with Gasteiger partial charge in [-0.1, -0.05) is 6.07 Å². The summed E-state index contributed by atoms with van der Waals surface area (Å²) in [6.45, 7) is 0. The zero-order valence-electron chi connectivity index (χ0n) is 9.92. The molecule has 1 N–H and O–H groups in total. The van der Waals surface area contributed by atoms with Gasteiger partial charge in [0, 0.05) is 9.77 Å². The minimum atomic E-state index is -1.27. The van der Waals surface area contributed by atoms with E-state index >= 15 is 0 Å². The largest absolute Gasteiger partial charge is 0.476 e. The van der Waals surface area contributed by atoms with Crippen molar-refractivity contribution < 1.29 is 14.3 Å². The molecule has 2 aromatic heterocycles. The standard InChI is InChI=1S/C13H7FIN3O2/c14-8-2-1-3-9-11(8)12(13(19)20)17-18(9)10-6-7(15)4-5-16-10/h1-6H,(H,19,20). The van der Waals surface area contributed by atoms with E-state index < -0.39 is 11.8 Å². The smallest absolute Gasteiger partial charge is 0.357 e. The van der Waals surface area contributed by atoms with Crippen LogP contribution in [0.1, 0.15) is 10.5 Å². The average Bonchev–Trinajstić information content (AvgIpc) is 2.80. The molecule has 0 fully saturated rings. The fourth-order valence-electron chi connectivity index (χ4n) is 1.96. The topological polar surface area (TPSA) is 68.0 Å². The molecular weight excluding hydrogens is 376 g/mol. The summed E-state index contributed by atoms with van der Waals surface area (Å²) in [7, 11) is 0. The lowest BCUT2D eigenvalue weighted by atomic mass is 10.2. The van der Waals surface area contributed by atoms with Crippen LogP contribution in [-0.2, 0) is 0 Å². The van der Waals surface area contributed by atoms with Crippen LogP contribution in [-0.4, -0.2) is 25.8 Å². The Kier molecular flexibility index (Phi) is 3.13. The van der Waals surface area contributed by atoms with Crippen LogP contribution in [0.15, 0.2) is 36.5 Å². The van der Waals surface area contributed by atoms with Gasteiger partial charge in [-0.15, -0.1) is 0 Å². The predicted molar refractivity (Wildman–Crippen MR) is 78.5 cm³/mol. The summed E-state index contributed by atoms with van der Waals surface area (Å²) in [4.78, 5) is 15.4. The molecule has 20 heavy (non-hydrogen) atoms. The molecule has 2 heterocycles. The summed E-state index contributed by atoms with van der Waals surface area (Å²) in [5, 5.41) is 13.1. The van der Waals surface area contributed by atoms with Crippen molar-refractivity contribution in [3.63, 3.8) is 0 Å². The lowest BCUT2D eigenvalue weighted by Gasteiger charge is -2.02. The van der Waals surface area contributed by atoms with Crippen LogP contribution in [0.4, 0.5) is 4.39 Å². The second-order valence-corrected chi connectivity index (χ2v) is 5.28. The molecular formula is C13H7FIN3O2. The Balaban J connectivity index is 2.38. The fourth-order valence-corrected chi connectivity index (χ4v) is 2.40. The maximum Gasteiger partial charge on any atom is 0.357 e. The van der Waals surface area contributed by atoms with Gasteiger partial charge in [0.05, 0.1) is 10.9 Å². The quantitative estimate of drug-likeness (QED) is 0.692. The SMILES string of the molecule is O=C(O)c1nn(-c2cc(I)ccn2)c2cccc(F)c12. The first-order valence-electron chi connectivity index (χ1n) is 5.60. The summed E-state index contributed by atoms with van der Waals surface area (Å²) in [5.41, 5.74) is 0.0515. The first-order valence-corrected chi connectivity index (χ1v) is 6.68. The number of hydrogen-bond acceptors (Lipinski definition) is 3. The Bertz CT molecular complexity index is 832. The fraction of sp³-hybridized carbons (Fsp3) is 0. The van der Waals surface area contributed by atoms with E-state index in [0.717, 1.165) is 3.57 Å². The minimum absolute atomic E-state index is 0.0133. The molecule has 0 radical (unpaired) electrons. The van der Waals surface area contributed by atoms with Crippen molar-refractivity contribution in [2.45, 2.75) is 0 Å². The number of benzene rings is 1. The lowest BCUT2D eigenvalue weighted by molar-refractivity contribution is 0.0691. The first kappa shape index (κ1) is 13.0. The van der Waals surface area contributed by atoms with E-state index in [0.29, 0.717) is 11.3 Å². The van der Waals surface area contributed by atoms with Gasteiger partial charge in [0.2, 0.25) is 0 Å². The molecule has 0 spiro atoms. The summed E-state index contributed by atoms with van der Waals surface area (Å²) in [5.74, 6) is -1.44. The van der Waals surface area contributed by atoms with E-state index in [9.17, 15) is 9.18 Å². The van der Waals surface area contributed by atoms with E-state index in [1.54, 1.807) is 24.4 Å². The molecule has 5 nitrogen and oxygen atoms in total. The molecule has 3 aromatic rings. The summed E-state index contributed by atoms with van der Waals surface area (Å²) < 4.78 is 16.1. The van der Waals surface area contributed by atoms with E-state index in [1.165, 1.54) is 16.8 Å². The molecule has 0 amide bonds. The van der Waals surface area contributed by atoms with Gasteiger partial charge in [0.1, 0.15) is 5.82 Å². The van der Waals surface area contributed by atoms with E-state index in [2.05, 4.69) is 32.7 Å². The van der Waals surface area contributed by atoms with Crippen LogP contribution in [0, 0.1) is 9.39 Å². The van der Waals surface area contributed by atoms with Crippen molar-refractivity contribution in [1.82, 2.24) is 14.8 Å². The summed E-state index contributed by atoms with van der Waals surface area (Å²) in [6.07, 6.45) is 1.59. The number of pyridine rings is 1. The third kappa shape index (κ3) is 2.03. The van der Waals surface area contributed by atoms with Crippen LogP contribution in [0.3, 0.4) is 0 Å². The van der Waals surface area contributed by atoms with Crippen molar-refractivity contribution in [2.24, 2.45) is 0 Å². The van der Waals surface area contributed by atoms with Crippen molar-refractivity contribution in [3.05, 3.63) is 51.6 Å². The Morgan fingerprint density at radius 2 is 2.15 bits per heavy atom. The predicted octanol–water partition coefficient (Wildman–Crippen LogP) is 2.86. The van der Waals surface area contributed by atoms with Crippen molar-refractivity contribution in [3.8, 4) is 5.82 Å². The van der Waals surface area contributed by atoms with Crippen molar-refractivity contribution >= 4 is 39.5 Å². The van der Waals surface area contributed by atoms with Gasteiger partial charge in [-0.05, 0) is 46.9 Å². The Morgan fingerprint density at radius 3 is 2.85 bits per heavy atom. The molecule has 0 saturated carbocycles. The number of carboxylic acids is 1. The van der Waals surface area contributed by atoms with Gasteiger partial charge in [-0.2, -0.15) is 5.10 Å². The molecule has 7 heteroatoms. The van der Waals surface area contributed by atoms with E-state index in [-0.39, 0.29) is 11.1 Å². The highest BCUT2D eigenvalue weighted by Crippen LogP contribution is 2.24. The van der Waals surface area contributed by atoms with Gasteiger partial charge in [0.25, 0.3) is 0 Å². The zero-order chi connectivity index (χ0) is 14.3. The van der Waals surface area contributed by atoms with Gasteiger partial charge in [-0.25, -0.2) is 18.9 Å². The number of carboxylic acid groups (broad SMARTS) is 1. The Morgan fingerprint density at radius 1 is 1.35 bits per heavy atom. The molecule has 3 rings (SSSR count). The van der Waals surface area contributed by atoms with Crippen molar-refractivity contribution in [2.75, 3.05) is 0 Å². The Hall–Kier alpha value is -2.03. The normalized spacial score (nSPS) is 10.9. The number of aromatic nitrogens is 3. The third-order valence-corrected chi connectivity index (χ3v) is 3.45. The number of halogens is 2. The highest BCUT2D eigenvalue weighted by atomic mass is 127. The van der Waals surface area contributed by atoms with Crippen molar-refractivity contribution in [1.29, 1.82) is 0 Å². The molecule has 0 atom stereocenters. The first-order chi connectivity index (χ1) is 9.58. The molecule has 0 saturated heterocycles. The molecule has 100 valence electrons. The van der Waals surface area contributed by atoms with Crippen LogP contribution < -0.4 is 0 Å². The summed E-state index contributed by atoms with van der Waals surface area (Å²) in [6, 6.07) is 7.87. The Labute approximate surface area is 126 Å². The zero-order valence-corrected chi connectivity index (χ0v) is 12.1. The van der Waals surface area contributed by atoms with Gasteiger partial charge >= 0.3 is 5.97 Å². The monoisotopic (exact) mass is 383 g/mol.